The molecule has 0 radical (unpaired) electrons. The Labute approximate surface area is 209 Å². The molecule has 1 heterocycles. The molecule has 178 valence electrons. The second kappa shape index (κ2) is 13.8. The summed E-state index contributed by atoms with van der Waals surface area (Å²) in [6.07, 6.45) is 6.57. The highest BCUT2D eigenvalue weighted by molar-refractivity contribution is 14.0. The van der Waals surface area contributed by atoms with E-state index in [1.807, 2.05) is 24.6 Å². The van der Waals surface area contributed by atoms with Gasteiger partial charge in [-0.3, -0.25) is 0 Å². The van der Waals surface area contributed by atoms with Crippen molar-refractivity contribution >= 4 is 29.9 Å². The standard InChI is InChI=1S/C24H38N6O.HI/c1-5-31-22(21-13-9-10-14-21)15-16-25-24(26-17-23-29-28-19(3)30(23)4)27-18(2)20-11-7-6-8-12-20;/h6-8,11-12,18,21-22H,5,9-10,13-17H2,1-4H3,(H2,25,26,27);1H. The Morgan fingerprint density at radius 1 is 1.22 bits per heavy atom. The number of aliphatic imine (C=N–C) groups is 1. The highest BCUT2D eigenvalue weighted by Crippen LogP contribution is 2.30. The summed E-state index contributed by atoms with van der Waals surface area (Å²) in [5.74, 6) is 3.23. The van der Waals surface area contributed by atoms with E-state index in [9.17, 15) is 0 Å². The van der Waals surface area contributed by atoms with Crippen molar-refractivity contribution in [1.29, 1.82) is 0 Å². The molecule has 0 aliphatic heterocycles. The third-order valence-electron chi connectivity index (χ3n) is 6.24. The molecule has 3 rings (SSSR count). The van der Waals surface area contributed by atoms with Gasteiger partial charge < -0.3 is 19.9 Å². The lowest BCUT2D eigenvalue weighted by atomic mass is 9.98. The first kappa shape index (κ1) is 26.6. The number of aryl methyl sites for hydroxylation is 1. The Bertz CT molecular complexity index is 819. The van der Waals surface area contributed by atoms with Crippen LogP contribution in [0.5, 0.6) is 0 Å². The monoisotopic (exact) mass is 554 g/mol. The summed E-state index contributed by atoms with van der Waals surface area (Å²) in [7, 11) is 1.97. The van der Waals surface area contributed by atoms with E-state index >= 15 is 0 Å². The normalized spacial score (nSPS) is 16.4. The molecule has 2 aromatic rings. The van der Waals surface area contributed by atoms with Crippen molar-refractivity contribution in [1.82, 2.24) is 25.4 Å². The van der Waals surface area contributed by atoms with Gasteiger partial charge in [0.25, 0.3) is 0 Å². The third-order valence-corrected chi connectivity index (χ3v) is 6.24. The summed E-state index contributed by atoms with van der Waals surface area (Å²) in [6, 6.07) is 10.6. The topological polar surface area (TPSA) is 76.4 Å². The van der Waals surface area contributed by atoms with Crippen LogP contribution in [0.2, 0.25) is 0 Å². The molecule has 0 amide bonds. The molecule has 2 atom stereocenters. The van der Waals surface area contributed by atoms with Crippen molar-refractivity contribution in [2.75, 3.05) is 13.2 Å². The Balaban J connectivity index is 0.00000363. The molecule has 7 nitrogen and oxygen atoms in total. The van der Waals surface area contributed by atoms with E-state index in [4.69, 9.17) is 9.73 Å². The van der Waals surface area contributed by atoms with Gasteiger partial charge in [-0.25, -0.2) is 4.99 Å². The number of hydrogen-bond donors (Lipinski definition) is 2. The van der Waals surface area contributed by atoms with Gasteiger partial charge in [-0.2, -0.15) is 0 Å². The zero-order valence-corrected chi connectivity index (χ0v) is 22.2. The van der Waals surface area contributed by atoms with Gasteiger partial charge in [0.05, 0.1) is 12.1 Å². The van der Waals surface area contributed by atoms with Crippen LogP contribution in [0.1, 0.15) is 69.2 Å². The first-order chi connectivity index (χ1) is 15.1. The number of hydrogen-bond acceptors (Lipinski definition) is 4. The number of rotatable bonds is 10. The predicted molar refractivity (Wildman–Crippen MR) is 140 cm³/mol. The summed E-state index contributed by atoms with van der Waals surface area (Å²) in [4.78, 5) is 4.80. The fourth-order valence-electron chi connectivity index (χ4n) is 4.25. The molecular weight excluding hydrogens is 515 g/mol. The van der Waals surface area contributed by atoms with Crippen molar-refractivity contribution in [2.24, 2.45) is 18.0 Å². The molecule has 1 fully saturated rings. The van der Waals surface area contributed by atoms with Gasteiger partial charge in [-0.05, 0) is 51.5 Å². The minimum absolute atomic E-state index is 0. The quantitative estimate of drug-likeness (QED) is 0.257. The lowest BCUT2D eigenvalue weighted by molar-refractivity contribution is 0.0169. The van der Waals surface area contributed by atoms with Crippen molar-refractivity contribution in [2.45, 2.75) is 71.6 Å². The number of guanidine groups is 1. The van der Waals surface area contributed by atoms with Crippen LogP contribution in [0.3, 0.4) is 0 Å². The molecule has 2 N–H and O–H groups in total. The number of nitrogens with zero attached hydrogens (tertiary/aromatic N) is 4. The molecular formula is C24H39IN6O. The van der Waals surface area contributed by atoms with Crippen LogP contribution in [-0.2, 0) is 18.3 Å². The average molecular weight is 555 g/mol. The highest BCUT2D eigenvalue weighted by Gasteiger charge is 2.25. The van der Waals surface area contributed by atoms with E-state index in [0.29, 0.717) is 18.6 Å². The number of benzene rings is 1. The van der Waals surface area contributed by atoms with Gasteiger partial charge in [-0.1, -0.05) is 43.2 Å². The second-order valence-corrected chi connectivity index (χ2v) is 8.42. The number of halogens is 1. The van der Waals surface area contributed by atoms with Crippen LogP contribution >= 0.6 is 24.0 Å². The van der Waals surface area contributed by atoms with E-state index in [1.165, 1.54) is 31.2 Å². The molecule has 1 aliphatic rings. The molecule has 1 saturated carbocycles. The summed E-state index contributed by atoms with van der Waals surface area (Å²) in [5, 5.41) is 15.5. The zero-order chi connectivity index (χ0) is 22.1. The zero-order valence-electron chi connectivity index (χ0n) is 19.9. The van der Waals surface area contributed by atoms with Crippen LogP contribution in [0, 0.1) is 12.8 Å². The Morgan fingerprint density at radius 2 is 1.94 bits per heavy atom. The SMILES string of the molecule is CCOC(CCNC(=NCc1nnc(C)n1C)NC(C)c1ccccc1)C1CCCC1.I. The maximum absolute atomic E-state index is 6.08. The fourth-order valence-corrected chi connectivity index (χ4v) is 4.25. The minimum Gasteiger partial charge on any atom is -0.378 e. The summed E-state index contributed by atoms with van der Waals surface area (Å²) in [6.45, 7) is 8.27. The molecule has 8 heteroatoms. The molecule has 32 heavy (non-hydrogen) atoms. The molecule has 2 unspecified atom stereocenters. The van der Waals surface area contributed by atoms with Crippen LogP contribution in [0.15, 0.2) is 35.3 Å². The van der Waals surface area contributed by atoms with Crippen molar-refractivity contribution in [3.63, 3.8) is 0 Å². The Kier molecular flexibility index (Phi) is 11.4. The van der Waals surface area contributed by atoms with Crippen molar-refractivity contribution in [3.8, 4) is 0 Å². The number of ether oxygens (including phenoxy) is 1. The maximum atomic E-state index is 6.08. The van der Waals surface area contributed by atoms with E-state index in [0.717, 1.165) is 37.2 Å². The average Bonchev–Trinajstić information content (AvgIpc) is 3.43. The number of aromatic nitrogens is 3. The van der Waals surface area contributed by atoms with E-state index in [2.05, 4.69) is 58.9 Å². The van der Waals surface area contributed by atoms with Gasteiger partial charge in [0.2, 0.25) is 0 Å². The van der Waals surface area contributed by atoms with Crippen molar-refractivity contribution in [3.05, 3.63) is 47.5 Å². The van der Waals surface area contributed by atoms with Crippen LogP contribution in [0.25, 0.3) is 0 Å². The molecule has 0 saturated heterocycles. The summed E-state index contributed by atoms with van der Waals surface area (Å²) in [5.41, 5.74) is 1.23. The number of nitrogens with one attached hydrogen (secondary N) is 2. The maximum Gasteiger partial charge on any atom is 0.192 e. The molecule has 1 aromatic heterocycles. The lowest BCUT2D eigenvalue weighted by Gasteiger charge is -2.24. The van der Waals surface area contributed by atoms with Gasteiger partial charge in [0.1, 0.15) is 12.4 Å². The first-order valence-electron chi connectivity index (χ1n) is 11.6. The fraction of sp³-hybridized carbons (Fsp3) is 0.625. The summed E-state index contributed by atoms with van der Waals surface area (Å²) >= 11 is 0. The van der Waals surface area contributed by atoms with E-state index in [1.54, 1.807) is 0 Å². The largest absolute Gasteiger partial charge is 0.378 e. The molecule has 1 aliphatic carbocycles. The van der Waals surface area contributed by atoms with Crippen molar-refractivity contribution < 1.29 is 4.74 Å². The molecule has 0 bridgehead atoms. The third kappa shape index (κ3) is 7.72. The smallest absolute Gasteiger partial charge is 0.192 e. The Morgan fingerprint density at radius 3 is 2.56 bits per heavy atom. The second-order valence-electron chi connectivity index (χ2n) is 8.42. The van der Waals surface area contributed by atoms with E-state index < -0.39 is 0 Å². The van der Waals surface area contributed by atoms with Gasteiger partial charge in [-0.15, -0.1) is 34.2 Å². The summed E-state index contributed by atoms with van der Waals surface area (Å²) < 4.78 is 8.06. The molecule has 0 spiro atoms. The van der Waals surface area contributed by atoms with Crippen LogP contribution < -0.4 is 10.6 Å². The molecule has 1 aromatic carbocycles. The lowest BCUT2D eigenvalue weighted by Crippen LogP contribution is -2.40. The van der Waals surface area contributed by atoms with Crippen LogP contribution in [-0.4, -0.2) is 40.0 Å². The minimum atomic E-state index is 0. The van der Waals surface area contributed by atoms with E-state index in [-0.39, 0.29) is 30.0 Å². The van der Waals surface area contributed by atoms with Gasteiger partial charge >= 0.3 is 0 Å². The first-order valence-corrected chi connectivity index (χ1v) is 11.6. The highest BCUT2D eigenvalue weighted by atomic mass is 127. The predicted octanol–water partition coefficient (Wildman–Crippen LogP) is 4.52. The van der Waals surface area contributed by atoms with Gasteiger partial charge in [0, 0.05) is 20.2 Å². The Hall–Kier alpha value is -1.68. The van der Waals surface area contributed by atoms with Gasteiger partial charge in [0.15, 0.2) is 11.8 Å². The van der Waals surface area contributed by atoms with Crippen LogP contribution in [0.4, 0.5) is 0 Å².